The molecule has 0 atom stereocenters. The summed E-state index contributed by atoms with van der Waals surface area (Å²) < 4.78 is 14.3. The highest BCUT2D eigenvalue weighted by Gasteiger charge is 2.25. The Hall–Kier alpha value is -3.15. The maximum absolute atomic E-state index is 14.3. The minimum atomic E-state index is -0.510. The smallest absolute Gasteiger partial charge is 0.261 e. The van der Waals surface area contributed by atoms with E-state index in [9.17, 15) is 9.18 Å². The molecule has 3 aromatic rings. The second kappa shape index (κ2) is 8.47. The summed E-state index contributed by atoms with van der Waals surface area (Å²) in [7, 11) is 1.98. The number of carbonyl (C=O) groups excluding carboxylic acids is 1. The zero-order valence-corrected chi connectivity index (χ0v) is 17.3. The van der Waals surface area contributed by atoms with Gasteiger partial charge in [0.2, 0.25) is 0 Å². The normalized spacial score (nSPS) is 11.3. The number of hydrogen-bond donors (Lipinski definition) is 1. The van der Waals surface area contributed by atoms with Crippen molar-refractivity contribution >= 4 is 17.3 Å². The molecule has 1 aromatic heterocycles. The first-order valence-corrected chi connectivity index (χ1v) is 9.59. The molecule has 1 amide bonds. The molecule has 0 aliphatic heterocycles. The van der Waals surface area contributed by atoms with Crippen LogP contribution in [0.3, 0.4) is 0 Å². The van der Waals surface area contributed by atoms with Crippen LogP contribution in [0.1, 0.15) is 36.8 Å². The Balaban J connectivity index is 1.93. The third kappa shape index (κ3) is 5.22. The number of hydrogen-bond acceptors (Lipinski definition) is 3. The van der Waals surface area contributed by atoms with Crippen LogP contribution >= 0.6 is 0 Å². The van der Waals surface area contributed by atoms with E-state index >= 15 is 0 Å². The summed E-state index contributed by atoms with van der Waals surface area (Å²) in [4.78, 5) is 24.1. The first-order chi connectivity index (χ1) is 13.7. The molecule has 1 N–H and O–H groups in total. The number of anilines is 2. The van der Waals surface area contributed by atoms with Gasteiger partial charge in [0.25, 0.3) is 5.91 Å². The van der Waals surface area contributed by atoms with Gasteiger partial charge in [-0.3, -0.25) is 4.79 Å². The van der Waals surface area contributed by atoms with Crippen molar-refractivity contribution in [1.82, 2.24) is 9.97 Å². The van der Waals surface area contributed by atoms with E-state index in [0.29, 0.717) is 13.1 Å². The Morgan fingerprint density at radius 1 is 1.10 bits per heavy atom. The van der Waals surface area contributed by atoms with Crippen molar-refractivity contribution in [2.75, 3.05) is 23.4 Å². The number of benzene rings is 2. The molecule has 0 aliphatic carbocycles. The highest BCUT2D eigenvalue weighted by Crippen LogP contribution is 2.28. The fraction of sp³-hybridized carbons (Fsp3) is 0.304. The zero-order chi connectivity index (χ0) is 21.0. The summed E-state index contributed by atoms with van der Waals surface area (Å²) in [6, 6.07) is 13.9. The number of aromatic amines is 1. The molecule has 0 saturated heterocycles. The molecule has 152 valence electrons. The van der Waals surface area contributed by atoms with Crippen molar-refractivity contribution in [3.63, 3.8) is 0 Å². The molecular formula is C23H27FN4O. The Morgan fingerprint density at radius 2 is 1.83 bits per heavy atom. The molecule has 0 bridgehead atoms. The lowest BCUT2D eigenvalue weighted by atomic mass is 9.95. The first kappa shape index (κ1) is 20.6. The van der Waals surface area contributed by atoms with Crippen molar-refractivity contribution in [2.24, 2.45) is 5.41 Å². The van der Waals surface area contributed by atoms with Crippen LogP contribution in [0.4, 0.5) is 15.8 Å². The Kier molecular flexibility index (Phi) is 6.01. The van der Waals surface area contributed by atoms with Crippen LogP contribution in [0.5, 0.6) is 0 Å². The van der Waals surface area contributed by atoms with Gasteiger partial charge in [-0.2, -0.15) is 0 Å². The van der Waals surface area contributed by atoms with Crippen LogP contribution in [-0.2, 0) is 6.54 Å². The average molecular weight is 394 g/mol. The lowest BCUT2D eigenvalue weighted by Gasteiger charge is -2.31. The maximum Gasteiger partial charge on any atom is 0.261 e. The summed E-state index contributed by atoms with van der Waals surface area (Å²) in [5.74, 6) is -0.852. The second-order valence-electron chi connectivity index (χ2n) is 8.38. The second-order valence-corrected chi connectivity index (χ2v) is 8.38. The molecule has 0 spiro atoms. The zero-order valence-electron chi connectivity index (χ0n) is 17.3. The number of carbonyl (C=O) groups is 1. The third-order valence-electron chi connectivity index (χ3n) is 4.53. The summed E-state index contributed by atoms with van der Waals surface area (Å²) in [6.45, 7) is 7.30. The van der Waals surface area contributed by atoms with Gasteiger partial charge >= 0.3 is 0 Å². The van der Waals surface area contributed by atoms with Crippen LogP contribution in [0, 0.1) is 11.2 Å². The van der Waals surface area contributed by atoms with Gasteiger partial charge in [-0.25, -0.2) is 9.37 Å². The van der Waals surface area contributed by atoms with Crippen molar-refractivity contribution < 1.29 is 9.18 Å². The topological polar surface area (TPSA) is 52.2 Å². The van der Waals surface area contributed by atoms with Gasteiger partial charge in [-0.1, -0.05) is 39.0 Å². The number of H-pyrrole nitrogens is 1. The number of nitrogens with one attached hydrogen (secondary N) is 1. The van der Waals surface area contributed by atoms with E-state index in [1.54, 1.807) is 29.6 Å². The van der Waals surface area contributed by atoms with Gasteiger partial charge in [-0.15, -0.1) is 0 Å². The highest BCUT2D eigenvalue weighted by atomic mass is 19.1. The molecule has 5 nitrogen and oxygen atoms in total. The number of aromatic nitrogens is 2. The SMILES string of the molecule is CN(Cc1cnc[nH]1)c1cccc(N(CC(C)(C)C)C(=O)c2ccccc2F)c1. The summed E-state index contributed by atoms with van der Waals surface area (Å²) in [5, 5.41) is 0. The van der Waals surface area contributed by atoms with Crippen LogP contribution in [0.15, 0.2) is 61.1 Å². The van der Waals surface area contributed by atoms with Crippen molar-refractivity contribution in [3.8, 4) is 0 Å². The Bertz CT molecular complexity index is 963. The molecule has 0 saturated carbocycles. The molecule has 0 aliphatic rings. The quantitative estimate of drug-likeness (QED) is 0.648. The number of imidazole rings is 1. The van der Waals surface area contributed by atoms with Crippen molar-refractivity contribution in [2.45, 2.75) is 27.3 Å². The molecule has 6 heteroatoms. The van der Waals surface area contributed by atoms with E-state index in [1.165, 1.54) is 12.1 Å². The molecule has 3 rings (SSSR count). The molecule has 29 heavy (non-hydrogen) atoms. The van der Waals surface area contributed by atoms with E-state index in [1.807, 2.05) is 31.3 Å². The minimum absolute atomic E-state index is 0.0768. The number of rotatable bonds is 6. The summed E-state index contributed by atoms with van der Waals surface area (Å²) >= 11 is 0. The first-order valence-electron chi connectivity index (χ1n) is 9.59. The lowest BCUT2D eigenvalue weighted by Crippen LogP contribution is -2.38. The fourth-order valence-electron chi connectivity index (χ4n) is 3.15. The lowest BCUT2D eigenvalue weighted by molar-refractivity contribution is 0.0973. The van der Waals surface area contributed by atoms with E-state index in [-0.39, 0.29) is 16.9 Å². The van der Waals surface area contributed by atoms with E-state index in [0.717, 1.165) is 17.1 Å². The van der Waals surface area contributed by atoms with Gasteiger partial charge in [0, 0.05) is 31.2 Å². The summed E-state index contributed by atoms with van der Waals surface area (Å²) in [5.41, 5.74) is 2.61. The van der Waals surface area contributed by atoms with Gasteiger partial charge in [0.05, 0.1) is 24.1 Å². The van der Waals surface area contributed by atoms with Crippen molar-refractivity contribution in [1.29, 1.82) is 0 Å². The number of amides is 1. The largest absolute Gasteiger partial charge is 0.369 e. The monoisotopic (exact) mass is 394 g/mol. The van der Waals surface area contributed by atoms with E-state index in [4.69, 9.17) is 0 Å². The molecule has 0 fully saturated rings. The van der Waals surface area contributed by atoms with Gasteiger partial charge in [0.1, 0.15) is 5.82 Å². The fourth-order valence-corrected chi connectivity index (χ4v) is 3.15. The molecule has 2 aromatic carbocycles. The molecule has 0 unspecified atom stereocenters. The number of halogens is 1. The van der Waals surface area contributed by atoms with Crippen LogP contribution in [0.2, 0.25) is 0 Å². The Labute approximate surface area is 171 Å². The molecular weight excluding hydrogens is 367 g/mol. The third-order valence-corrected chi connectivity index (χ3v) is 4.53. The van der Waals surface area contributed by atoms with Crippen LogP contribution in [-0.4, -0.2) is 29.5 Å². The standard InChI is InChI=1S/C23H27FN4O/c1-23(2,3)15-28(22(29)20-10-5-6-11-21(20)24)19-9-7-8-18(12-19)27(4)14-17-13-25-16-26-17/h5-13,16H,14-15H2,1-4H3,(H,25,26). The minimum Gasteiger partial charge on any atom is -0.369 e. The average Bonchev–Trinajstić information content (AvgIpc) is 3.18. The van der Waals surface area contributed by atoms with Crippen LogP contribution < -0.4 is 9.80 Å². The predicted molar refractivity (Wildman–Crippen MR) is 115 cm³/mol. The maximum atomic E-state index is 14.3. The number of nitrogens with zero attached hydrogens (tertiary/aromatic N) is 3. The van der Waals surface area contributed by atoms with Gasteiger partial charge in [0.15, 0.2) is 0 Å². The predicted octanol–water partition coefficient (Wildman–Crippen LogP) is 4.88. The van der Waals surface area contributed by atoms with Gasteiger partial charge < -0.3 is 14.8 Å². The van der Waals surface area contributed by atoms with E-state index in [2.05, 4.69) is 35.6 Å². The summed E-state index contributed by atoms with van der Waals surface area (Å²) in [6.07, 6.45) is 3.44. The molecule has 1 heterocycles. The van der Waals surface area contributed by atoms with Crippen molar-refractivity contribution in [3.05, 3.63) is 78.1 Å². The molecule has 0 radical (unpaired) electrons. The van der Waals surface area contributed by atoms with Gasteiger partial charge in [-0.05, 0) is 35.7 Å². The van der Waals surface area contributed by atoms with Crippen LogP contribution in [0.25, 0.3) is 0 Å². The van der Waals surface area contributed by atoms with E-state index < -0.39 is 5.82 Å². The Morgan fingerprint density at radius 3 is 2.48 bits per heavy atom. The highest BCUT2D eigenvalue weighted by molar-refractivity contribution is 6.06.